The van der Waals surface area contributed by atoms with Gasteiger partial charge in [-0.1, -0.05) is 6.07 Å². The van der Waals surface area contributed by atoms with Crippen LogP contribution < -0.4 is 5.32 Å². The zero-order valence-electron chi connectivity index (χ0n) is 10.3. The molecule has 1 rings (SSSR count). The van der Waals surface area contributed by atoms with E-state index >= 15 is 0 Å². The van der Waals surface area contributed by atoms with Gasteiger partial charge in [0.1, 0.15) is 15.9 Å². The van der Waals surface area contributed by atoms with Gasteiger partial charge in [0, 0.05) is 0 Å². The fourth-order valence-electron chi connectivity index (χ4n) is 1.02. The van der Waals surface area contributed by atoms with Crippen LogP contribution in [0.1, 0.15) is 26.5 Å². The molecule has 5 nitrogen and oxygen atoms in total. The second kappa shape index (κ2) is 6.70. The van der Waals surface area contributed by atoms with E-state index in [4.69, 9.17) is 10.1 Å². The number of carbonyl (C=O) groups excluding carboxylic acids is 1. The van der Waals surface area contributed by atoms with Crippen molar-refractivity contribution in [2.24, 2.45) is 0 Å². The standard InChI is InChI=1S/C11H14BrN3O2.ClH/c1-11(2,3)17-10(16)15-9(13)7-5-4-6-8(12)14-7;/h4-6H,1-3H3,(H2,13,15,16);1H. The Kier molecular flexibility index (Phi) is 6.28. The normalized spacial score (nSPS) is 10.2. The van der Waals surface area contributed by atoms with Gasteiger partial charge in [0.15, 0.2) is 5.84 Å². The van der Waals surface area contributed by atoms with E-state index in [0.717, 1.165) is 0 Å². The van der Waals surface area contributed by atoms with Crippen LogP contribution in [0.2, 0.25) is 0 Å². The summed E-state index contributed by atoms with van der Waals surface area (Å²) >= 11 is 3.19. The first-order valence-corrected chi connectivity index (χ1v) is 5.79. The average molecular weight is 337 g/mol. The lowest BCUT2D eigenvalue weighted by molar-refractivity contribution is 0.0563. The van der Waals surface area contributed by atoms with Crippen LogP contribution in [0.3, 0.4) is 0 Å². The van der Waals surface area contributed by atoms with E-state index in [1.54, 1.807) is 39.0 Å². The maximum atomic E-state index is 11.4. The monoisotopic (exact) mass is 335 g/mol. The number of hydrogen-bond acceptors (Lipinski definition) is 4. The van der Waals surface area contributed by atoms with E-state index in [1.807, 2.05) is 0 Å². The molecule has 0 unspecified atom stereocenters. The van der Waals surface area contributed by atoms with Gasteiger partial charge in [0.25, 0.3) is 0 Å². The van der Waals surface area contributed by atoms with Gasteiger partial charge in [-0.25, -0.2) is 9.78 Å². The summed E-state index contributed by atoms with van der Waals surface area (Å²) in [4.78, 5) is 15.5. The molecule has 0 atom stereocenters. The molecule has 1 amide bonds. The number of amides is 1. The van der Waals surface area contributed by atoms with Crippen LogP contribution in [-0.2, 0) is 4.74 Å². The lowest BCUT2D eigenvalue weighted by Gasteiger charge is -2.19. The van der Waals surface area contributed by atoms with Crippen LogP contribution in [0.5, 0.6) is 0 Å². The number of rotatable bonds is 1. The number of nitrogens with one attached hydrogen (secondary N) is 2. The van der Waals surface area contributed by atoms with E-state index in [1.165, 1.54) is 0 Å². The van der Waals surface area contributed by atoms with Gasteiger partial charge in [-0.3, -0.25) is 10.7 Å². The first-order valence-electron chi connectivity index (χ1n) is 4.99. The summed E-state index contributed by atoms with van der Waals surface area (Å²) in [6, 6.07) is 5.10. The number of halogens is 2. The Labute approximate surface area is 120 Å². The molecule has 0 radical (unpaired) electrons. The molecule has 0 aliphatic carbocycles. The number of aromatic nitrogens is 1. The molecule has 0 spiro atoms. The first kappa shape index (κ1) is 16.9. The highest BCUT2D eigenvalue weighted by Gasteiger charge is 2.17. The highest BCUT2D eigenvalue weighted by atomic mass is 79.9. The third kappa shape index (κ3) is 5.97. The van der Waals surface area contributed by atoms with Crippen molar-refractivity contribution in [3.63, 3.8) is 0 Å². The minimum absolute atomic E-state index is 0. The number of hydrogen-bond donors (Lipinski definition) is 2. The van der Waals surface area contributed by atoms with Crippen LogP contribution in [-0.4, -0.2) is 22.5 Å². The Morgan fingerprint density at radius 2 is 2.06 bits per heavy atom. The summed E-state index contributed by atoms with van der Waals surface area (Å²) in [5, 5.41) is 9.99. The Bertz CT molecular complexity index is 446. The molecule has 0 saturated heterocycles. The second-order valence-corrected chi connectivity index (χ2v) is 5.16. The minimum atomic E-state index is -0.663. The van der Waals surface area contributed by atoms with Crippen LogP contribution in [0, 0.1) is 5.41 Å². The van der Waals surface area contributed by atoms with E-state index < -0.39 is 11.7 Å². The van der Waals surface area contributed by atoms with Gasteiger partial charge in [-0.05, 0) is 48.8 Å². The highest BCUT2D eigenvalue weighted by molar-refractivity contribution is 9.10. The molecule has 0 fully saturated rings. The molecule has 100 valence electrons. The van der Waals surface area contributed by atoms with Gasteiger partial charge < -0.3 is 4.74 Å². The van der Waals surface area contributed by atoms with Crippen molar-refractivity contribution in [1.29, 1.82) is 5.41 Å². The number of alkyl carbamates (subject to hydrolysis) is 1. The Morgan fingerprint density at radius 3 is 2.56 bits per heavy atom. The van der Waals surface area contributed by atoms with Crippen LogP contribution in [0.15, 0.2) is 22.8 Å². The lowest BCUT2D eigenvalue weighted by Crippen LogP contribution is -2.36. The summed E-state index contributed by atoms with van der Waals surface area (Å²) in [5.74, 6) is -0.0967. The highest BCUT2D eigenvalue weighted by Crippen LogP contribution is 2.08. The van der Waals surface area contributed by atoms with Crippen molar-refractivity contribution in [3.8, 4) is 0 Å². The number of amidine groups is 1. The van der Waals surface area contributed by atoms with E-state index in [0.29, 0.717) is 10.3 Å². The van der Waals surface area contributed by atoms with E-state index in [9.17, 15) is 4.79 Å². The predicted octanol–water partition coefficient (Wildman–Crippen LogP) is 3.12. The molecular formula is C11H15BrClN3O2. The molecule has 0 aliphatic rings. The van der Waals surface area contributed by atoms with Crippen molar-refractivity contribution in [2.75, 3.05) is 0 Å². The molecule has 0 saturated carbocycles. The molecule has 1 heterocycles. The molecule has 0 bridgehead atoms. The molecule has 0 aromatic carbocycles. The van der Waals surface area contributed by atoms with Crippen molar-refractivity contribution in [2.45, 2.75) is 26.4 Å². The molecule has 7 heteroatoms. The number of pyridine rings is 1. The van der Waals surface area contributed by atoms with Crippen LogP contribution >= 0.6 is 28.3 Å². The fraction of sp³-hybridized carbons (Fsp3) is 0.364. The maximum Gasteiger partial charge on any atom is 0.413 e. The second-order valence-electron chi connectivity index (χ2n) is 4.35. The van der Waals surface area contributed by atoms with Gasteiger partial charge in [0.2, 0.25) is 0 Å². The number of nitrogens with zero attached hydrogens (tertiary/aromatic N) is 1. The summed E-state index contributed by atoms with van der Waals surface area (Å²) in [7, 11) is 0. The lowest BCUT2D eigenvalue weighted by atomic mass is 10.2. The summed E-state index contributed by atoms with van der Waals surface area (Å²) in [5.41, 5.74) is -0.222. The summed E-state index contributed by atoms with van der Waals surface area (Å²) < 4.78 is 5.63. The van der Waals surface area contributed by atoms with Gasteiger partial charge in [0.05, 0.1) is 0 Å². The molecule has 1 aromatic rings. The zero-order valence-corrected chi connectivity index (χ0v) is 12.7. The largest absolute Gasteiger partial charge is 0.444 e. The smallest absolute Gasteiger partial charge is 0.413 e. The van der Waals surface area contributed by atoms with Crippen LogP contribution in [0.25, 0.3) is 0 Å². The SMILES string of the molecule is CC(C)(C)OC(=O)NC(=N)c1cccc(Br)n1.Cl. The van der Waals surface area contributed by atoms with Crippen molar-refractivity contribution in [3.05, 3.63) is 28.5 Å². The maximum absolute atomic E-state index is 11.4. The van der Waals surface area contributed by atoms with Crippen molar-refractivity contribution >= 4 is 40.3 Å². The number of carbonyl (C=O) groups is 1. The topological polar surface area (TPSA) is 75.1 Å². The van der Waals surface area contributed by atoms with Gasteiger partial charge >= 0.3 is 6.09 Å². The third-order valence-electron chi connectivity index (χ3n) is 1.60. The molecule has 18 heavy (non-hydrogen) atoms. The number of ether oxygens (including phenoxy) is 1. The minimum Gasteiger partial charge on any atom is -0.444 e. The fourth-order valence-corrected chi connectivity index (χ4v) is 1.36. The Hall–Kier alpha value is -1.14. The Balaban J connectivity index is 0.00000289. The molecular weight excluding hydrogens is 321 g/mol. The molecule has 2 N–H and O–H groups in total. The van der Waals surface area contributed by atoms with Gasteiger partial charge in [-0.2, -0.15) is 0 Å². The zero-order chi connectivity index (χ0) is 13.1. The van der Waals surface area contributed by atoms with Crippen molar-refractivity contribution < 1.29 is 9.53 Å². The van der Waals surface area contributed by atoms with Crippen molar-refractivity contribution in [1.82, 2.24) is 10.3 Å². The third-order valence-corrected chi connectivity index (χ3v) is 2.04. The first-order chi connectivity index (χ1) is 7.78. The van der Waals surface area contributed by atoms with E-state index in [-0.39, 0.29) is 18.2 Å². The predicted molar refractivity (Wildman–Crippen MR) is 75.4 cm³/mol. The molecule has 1 aromatic heterocycles. The van der Waals surface area contributed by atoms with E-state index in [2.05, 4.69) is 26.2 Å². The quantitative estimate of drug-likeness (QED) is 0.470. The summed E-state index contributed by atoms with van der Waals surface area (Å²) in [6.45, 7) is 5.27. The Morgan fingerprint density at radius 1 is 1.44 bits per heavy atom. The average Bonchev–Trinajstić information content (AvgIpc) is 2.14. The summed E-state index contributed by atoms with van der Waals surface area (Å²) in [6.07, 6.45) is -0.663. The molecule has 0 aliphatic heterocycles. The van der Waals surface area contributed by atoms with Gasteiger partial charge in [-0.15, -0.1) is 12.4 Å². The van der Waals surface area contributed by atoms with Crippen LogP contribution in [0.4, 0.5) is 4.79 Å².